The Balaban J connectivity index is 1.31. The molecule has 0 aliphatic heterocycles. The molecule has 0 radical (unpaired) electrons. The Morgan fingerprint density at radius 3 is 2.31 bits per heavy atom. The van der Waals surface area contributed by atoms with Crippen LogP contribution in [0.15, 0.2) is 78.9 Å². The van der Waals surface area contributed by atoms with Gasteiger partial charge in [0.1, 0.15) is 12.4 Å². The van der Waals surface area contributed by atoms with E-state index in [1.165, 1.54) is 0 Å². The number of hydrogen-bond donors (Lipinski definition) is 0. The first-order chi connectivity index (χ1) is 17.7. The van der Waals surface area contributed by atoms with Gasteiger partial charge in [-0.15, -0.1) is 10.2 Å². The zero-order valence-electron chi connectivity index (χ0n) is 20.5. The van der Waals surface area contributed by atoms with E-state index in [4.69, 9.17) is 9.47 Å². The van der Waals surface area contributed by atoms with Crippen molar-refractivity contribution in [3.63, 3.8) is 0 Å². The van der Waals surface area contributed by atoms with Gasteiger partial charge in [-0.25, -0.2) is 0 Å². The molecule has 3 aromatic carbocycles. The van der Waals surface area contributed by atoms with Crippen LogP contribution < -0.4 is 4.74 Å². The average Bonchev–Trinajstić information content (AvgIpc) is 3.41. The molecule has 1 aromatic heterocycles. The first-order valence-electron chi connectivity index (χ1n) is 12.4. The van der Waals surface area contributed by atoms with E-state index in [1.807, 2.05) is 78.9 Å². The minimum absolute atomic E-state index is 0.137. The second kappa shape index (κ2) is 10.7. The summed E-state index contributed by atoms with van der Waals surface area (Å²) in [5, 5.41) is 13.0. The highest BCUT2D eigenvalue weighted by Gasteiger charge is 2.42. The van der Waals surface area contributed by atoms with Gasteiger partial charge in [-0.3, -0.25) is 4.79 Å². The van der Waals surface area contributed by atoms with Crippen LogP contribution in [0.1, 0.15) is 48.8 Å². The Kier molecular flexibility index (Phi) is 7.07. The number of benzene rings is 3. The molecule has 0 spiro atoms. The van der Waals surface area contributed by atoms with E-state index in [-0.39, 0.29) is 5.97 Å². The van der Waals surface area contributed by atoms with E-state index in [0.717, 1.165) is 60.1 Å². The maximum absolute atomic E-state index is 13.4. The van der Waals surface area contributed by atoms with Crippen molar-refractivity contribution in [3.05, 3.63) is 95.6 Å². The lowest BCUT2D eigenvalue weighted by Gasteiger charge is -2.35. The van der Waals surface area contributed by atoms with Gasteiger partial charge in [0, 0.05) is 5.56 Å². The second-order valence-electron chi connectivity index (χ2n) is 9.27. The Morgan fingerprint density at radius 1 is 0.889 bits per heavy atom. The van der Waals surface area contributed by atoms with Gasteiger partial charge in [-0.2, -0.15) is 4.80 Å². The zero-order chi connectivity index (χ0) is 24.8. The number of ether oxygens (including phenoxy) is 2. The van der Waals surface area contributed by atoms with Gasteiger partial charge >= 0.3 is 5.97 Å². The summed E-state index contributed by atoms with van der Waals surface area (Å²) in [6.07, 6.45) is 4.78. The Hall–Kier alpha value is -4.00. The molecular formula is C29H30N4O3. The van der Waals surface area contributed by atoms with Crippen molar-refractivity contribution in [2.24, 2.45) is 0 Å². The first-order valence-corrected chi connectivity index (χ1v) is 12.4. The lowest BCUT2D eigenvalue weighted by atomic mass is 9.69. The summed E-state index contributed by atoms with van der Waals surface area (Å²) in [6.45, 7) is 0.812. The fraction of sp³-hybridized carbons (Fsp3) is 0.310. The largest absolute Gasteiger partial charge is 0.497 e. The highest BCUT2D eigenvalue weighted by molar-refractivity contribution is 5.83. The van der Waals surface area contributed by atoms with Crippen LogP contribution in [0, 0.1) is 0 Å². The number of tetrazole rings is 1. The molecule has 1 heterocycles. The van der Waals surface area contributed by atoms with Crippen molar-refractivity contribution in [1.29, 1.82) is 0 Å². The lowest BCUT2D eigenvalue weighted by Crippen LogP contribution is -2.39. The molecule has 7 heteroatoms. The fourth-order valence-corrected chi connectivity index (χ4v) is 4.89. The molecule has 36 heavy (non-hydrogen) atoms. The van der Waals surface area contributed by atoms with Crippen LogP contribution >= 0.6 is 0 Å². The number of nitrogens with zero attached hydrogens (tertiary/aromatic N) is 4. The van der Waals surface area contributed by atoms with Crippen LogP contribution in [0.4, 0.5) is 0 Å². The number of esters is 1. The van der Waals surface area contributed by atoms with Crippen LogP contribution in [-0.2, 0) is 28.1 Å². The van der Waals surface area contributed by atoms with Gasteiger partial charge in [-0.1, -0.05) is 86.0 Å². The summed E-state index contributed by atoms with van der Waals surface area (Å²) in [5.41, 5.74) is 3.31. The van der Waals surface area contributed by atoms with E-state index in [9.17, 15) is 4.79 Å². The van der Waals surface area contributed by atoms with E-state index < -0.39 is 5.41 Å². The Bertz CT molecular complexity index is 1280. The minimum atomic E-state index is -0.606. The van der Waals surface area contributed by atoms with Gasteiger partial charge in [0.15, 0.2) is 0 Å². The molecule has 0 N–H and O–H groups in total. The quantitative estimate of drug-likeness (QED) is 0.315. The predicted molar refractivity (Wildman–Crippen MR) is 136 cm³/mol. The van der Waals surface area contributed by atoms with Crippen LogP contribution in [0.5, 0.6) is 5.75 Å². The third-order valence-corrected chi connectivity index (χ3v) is 6.94. The molecule has 0 amide bonds. The average molecular weight is 483 g/mol. The van der Waals surface area contributed by atoms with Crippen LogP contribution in [0.3, 0.4) is 0 Å². The zero-order valence-corrected chi connectivity index (χ0v) is 20.5. The summed E-state index contributed by atoms with van der Waals surface area (Å²) in [5.74, 6) is 1.23. The molecule has 1 aliphatic carbocycles. The number of carbonyl (C=O) groups is 1. The number of rotatable bonds is 8. The van der Waals surface area contributed by atoms with Gasteiger partial charge < -0.3 is 9.47 Å². The molecule has 0 unspecified atom stereocenters. The monoisotopic (exact) mass is 482 g/mol. The van der Waals surface area contributed by atoms with Crippen LogP contribution in [-0.4, -0.2) is 33.3 Å². The number of carbonyl (C=O) groups excluding carboxylic acids is 1. The summed E-state index contributed by atoms with van der Waals surface area (Å²) in [4.78, 5) is 15.0. The summed E-state index contributed by atoms with van der Waals surface area (Å²) in [6, 6.07) is 25.6. The first kappa shape index (κ1) is 23.7. The maximum Gasteiger partial charge on any atom is 0.316 e. The van der Waals surface area contributed by atoms with E-state index in [0.29, 0.717) is 19.0 Å². The second-order valence-corrected chi connectivity index (χ2v) is 9.27. The minimum Gasteiger partial charge on any atom is -0.497 e. The fourth-order valence-electron chi connectivity index (χ4n) is 4.89. The van der Waals surface area contributed by atoms with Gasteiger partial charge in [0.2, 0.25) is 5.82 Å². The highest BCUT2D eigenvalue weighted by atomic mass is 16.5. The third kappa shape index (κ3) is 5.15. The molecule has 1 aliphatic rings. The van der Waals surface area contributed by atoms with Gasteiger partial charge in [-0.05, 0) is 46.9 Å². The van der Waals surface area contributed by atoms with Crippen LogP contribution in [0.2, 0.25) is 0 Å². The standard InChI is InChI=1S/C29H30N4O3/c1-35-26-16-10-22(11-17-26)20-33-31-27(30-32-33)24-12-14-25(15-13-24)29(18-6-3-7-19-29)28(34)36-21-23-8-4-2-5-9-23/h2,4-5,8-17H,3,6-7,18-21H2,1H3. The van der Waals surface area contributed by atoms with E-state index >= 15 is 0 Å². The van der Waals surface area contributed by atoms with Crippen molar-refractivity contribution in [3.8, 4) is 17.1 Å². The third-order valence-electron chi connectivity index (χ3n) is 6.94. The van der Waals surface area contributed by atoms with E-state index in [2.05, 4.69) is 15.4 Å². The van der Waals surface area contributed by atoms with Crippen molar-refractivity contribution in [2.45, 2.75) is 50.7 Å². The topological polar surface area (TPSA) is 79.1 Å². The normalized spacial score (nSPS) is 14.8. The van der Waals surface area contributed by atoms with E-state index in [1.54, 1.807) is 11.9 Å². The smallest absolute Gasteiger partial charge is 0.316 e. The van der Waals surface area contributed by atoms with Crippen LogP contribution in [0.25, 0.3) is 11.4 Å². The number of aromatic nitrogens is 4. The molecule has 5 rings (SSSR count). The molecule has 1 fully saturated rings. The van der Waals surface area contributed by atoms with Gasteiger partial charge in [0.25, 0.3) is 0 Å². The van der Waals surface area contributed by atoms with Crippen molar-refractivity contribution < 1.29 is 14.3 Å². The van der Waals surface area contributed by atoms with Gasteiger partial charge in [0.05, 0.1) is 19.1 Å². The molecule has 4 aromatic rings. The van der Waals surface area contributed by atoms with Crippen molar-refractivity contribution in [1.82, 2.24) is 20.2 Å². The predicted octanol–water partition coefficient (Wildman–Crippen LogP) is 5.34. The molecule has 0 saturated heterocycles. The van der Waals surface area contributed by atoms with Crippen molar-refractivity contribution in [2.75, 3.05) is 7.11 Å². The molecule has 1 saturated carbocycles. The number of methoxy groups -OCH3 is 1. The lowest BCUT2D eigenvalue weighted by molar-refractivity contribution is -0.153. The summed E-state index contributed by atoms with van der Waals surface area (Å²) in [7, 11) is 1.65. The van der Waals surface area contributed by atoms with Crippen molar-refractivity contribution >= 4 is 5.97 Å². The number of hydrogen-bond acceptors (Lipinski definition) is 6. The molecule has 0 bridgehead atoms. The molecule has 184 valence electrons. The summed E-state index contributed by atoms with van der Waals surface area (Å²) >= 11 is 0. The molecule has 0 atom stereocenters. The Morgan fingerprint density at radius 2 is 1.61 bits per heavy atom. The Labute approximate surface area is 211 Å². The molecular weight excluding hydrogens is 452 g/mol. The summed E-state index contributed by atoms with van der Waals surface area (Å²) < 4.78 is 11.0. The maximum atomic E-state index is 13.4. The SMILES string of the molecule is COc1ccc(Cn2nnc(-c3ccc(C4(C(=O)OCc5ccccc5)CCCCC4)cc3)n2)cc1. The molecule has 7 nitrogen and oxygen atoms in total. The highest BCUT2D eigenvalue weighted by Crippen LogP contribution is 2.41.